The zero-order valence-corrected chi connectivity index (χ0v) is 19.4. The Kier molecular flexibility index (Phi) is 6.24. The highest BCUT2D eigenvalue weighted by atomic mass is 35.5. The largest absolute Gasteiger partial charge is 0.338 e. The fraction of sp³-hybridized carbons (Fsp3) is 0.300. The lowest BCUT2D eigenvalue weighted by atomic mass is 10.2. The van der Waals surface area contributed by atoms with Crippen molar-refractivity contribution in [3.63, 3.8) is 0 Å². The van der Waals surface area contributed by atoms with Gasteiger partial charge in [-0.2, -0.15) is 4.98 Å². The van der Waals surface area contributed by atoms with E-state index in [-0.39, 0.29) is 11.3 Å². The number of halogens is 1. The summed E-state index contributed by atoms with van der Waals surface area (Å²) in [7, 11) is 4.04. The second-order valence-corrected chi connectivity index (χ2v) is 9.68. The average Bonchev–Trinajstić information content (AvgIpc) is 3.48. The zero-order chi connectivity index (χ0) is 21.3. The molecule has 30 heavy (non-hydrogen) atoms. The number of nitrogens with zero attached hydrogens (tertiary/aromatic N) is 6. The van der Waals surface area contributed by atoms with Crippen LogP contribution in [0.1, 0.15) is 36.9 Å². The van der Waals surface area contributed by atoms with Crippen LogP contribution in [0.25, 0.3) is 16.4 Å². The first-order valence-corrected chi connectivity index (χ1v) is 11.5. The molecule has 0 aliphatic rings. The lowest BCUT2D eigenvalue weighted by Crippen LogP contribution is -2.20. The Balaban J connectivity index is 1.66. The number of thioether (sulfide) groups is 1. The van der Waals surface area contributed by atoms with Gasteiger partial charge in [0.1, 0.15) is 0 Å². The standard InChI is InChI=1S/C20H21ClN6OS2/c1-12(26(3)4)18-23-24-20(27(18)15-9-7-14(21)8-10-15)30-13(2)19-22-17(25-28-19)16-6-5-11-29-16/h5-13H,1-4H3. The van der Waals surface area contributed by atoms with Crippen molar-refractivity contribution >= 4 is 34.7 Å². The molecule has 3 aromatic heterocycles. The molecule has 0 aliphatic heterocycles. The summed E-state index contributed by atoms with van der Waals surface area (Å²) in [6.07, 6.45) is 0. The monoisotopic (exact) mass is 460 g/mol. The average molecular weight is 461 g/mol. The maximum Gasteiger partial charge on any atom is 0.240 e. The summed E-state index contributed by atoms with van der Waals surface area (Å²) in [5.41, 5.74) is 0.951. The predicted octanol–water partition coefficient (Wildman–Crippen LogP) is 5.51. The molecule has 0 saturated heterocycles. The highest BCUT2D eigenvalue weighted by Crippen LogP contribution is 2.37. The van der Waals surface area contributed by atoms with Gasteiger partial charge in [-0.05, 0) is 63.7 Å². The summed E-state index contributed by atoms with van der Waals surface area (Å²) in [5.74, 6) is 2.01. The Bertz CT molecular complexity index is 1110. The fourth-order valence-corrected chi connectivity index (χ4v) is 4.49. The van der Waals surface area contributed by atoms with Crippen LogP contribution in [0.2, 0.25) is 5.02 Å². The van der Waals surface area contributed by atoms with Crippen LogP contribution >= 0.6 is 34.7 Å². The van der Waals surface area contributed by atoms with E-state index in [0.717, 1.165) is 21.5 Å². The summed E-state index contributed by atoms with van der Waals surface area (Å²) in [6.45, 7) is 4.12. The molecule has 0 radical (unpaired) electrons. The Hall–Kier alpha value is -2.20. The molecule has 0 fully saturated rings. The lowest BCUT2D eigenvalue weighted by molar-refractivity contribution is 0.305. The van der Waals surface area contributed by atoms with E-state index in [9.17, 15) is 0 Å². The van der Waals surface area contributed by atoms with Crippen LogP contribution < -0.4 is 0 Å². The Morgan fingerprint density at radius 2 is 1.90 bits per heavy atom. The van der Waals surface area contributed by atoms with E-state index in [1.54, 1.807) is 11.3 Å². The molecule has 2 unspecified atom stereocenters. The summed E-state index contributed by atoms with van der Waals surface area (Å²) >= 11 is 9.20. The Morgan fingerprint density at radius 3 is 2.57 bits per heavy atom. The molecule has 1 aromatic carbocycles. The van der Waals surface area contributed by atoms with Crippen molar-refractivity contribution in [2.45, 2.75) is 30.3 Å². The van der Waals surface area contributed by atoms with Crippen LogP contribution in [-0.2, 0) is 0 Å². The normalized spacial score (nSPS) is 13.7. The van der Waals surface area contributed by atoms with Crippen LogP contribution in [0.15, 0.2) is 51.5 Å². The molecule has 3 heterocycles. The van der Waals surface area contributed by atoms with Gasteiger partial charge in [0, 0.05) is 10.7 Å². The smallest absolute Gasteiger partial charge is 0.240 e. The van der Waals surface area contributed by atoms with E-state index < -0.39 is 0 Å². The van der Waals surface area contributed by atoms with E-state index in [0.29, 0.717) is 16.7 Å². The molecule has 7 nitrogen and oxygen atoms in total. The van der Waals surface area contributed by atoms with Crippen molar-refractivity contribution in [2.75, 3.05) is 14.1 Å². The summed E-state index contributed by atoms with van der Waals surface area (Å²) < 4.78 is 7.57. The van der Waals surface area contributed by atoms with Crippen LogP contribution in [0.5, 0.6) is 0 Å². The van der Waals surface area contributed by atoms with Gasteiger partial charge in [0.2, 0.25) is 11.7 Å². The predicted molar refractivity (Wildman–Crippen MR) is 120 cm³/mol. The Morgan fingerprint density at radius 1 is 1.13 bits per heavy atom. The number of thiophene rings is 1. The molecule has 0 aliphatic carbocycles. The minimum atomic E-state index is -0.0935. The third-order valence-corrected chi connectivity index (χ3v) is 6.85. The molecular formula is C20H21ClN6OS2. The molecule has 156 valence electrons. The van der Waals surface area contributed by atoms with Crippen molar-refractivity contribution in [3.05, 3.63) is 58.5 Å². The van der Waals surface area contributed by atoms with Gasteiger partial charge >= 0.3 is 0 Å². The van der Waals surface area contributed by atoms with Crippen molar-refractivity contribution in [3.8, 4) is 16.4 Å². The van der Waals surface area contributed by atoms with Gasteiger partial charge in [-0.3, -0.25) is 9.47 Å². The number of hydrogen-bond donors (Lipinski definition) is 0. The summed E-state index contributed by atoms with van der Waals surface area (Å²) in [6, 6.07) is 11.7. The van der Waals surface area contributed by atoms with Gasteiger partial charge in [-0.1, -0.05) is 34.6 Å². The van der Waals surface area contributed by atoms with Crippen LogP contribution in [0.4, 0.5) is 0 Å². The molecule has 0 saturated carbocycles. The number of rotatable bonds is 7. The molecule has 2 atom stereocenters. The molecule has 0 N–H and O–H groups in total. The SMILES string of the molecule is CC(Sc1nnc(C(C)N(C)C)n1-c1ccc(Cl)cc1)c1nc(-c2cccs2)no1. The van der Waals surface area contributed by atoms with Gasteiger partial charge in [0.05, 0.1) is 16.2 Å². The molecular weight excluding hydrogens is 440 g/mol. The summed E-state index contributed by atoms with van der Waals surface area (Å²) in [5, 5.41) is 16.4. The first-order valence-electron chi connectivity index (χ1n) is 9.36. The first-order chi connectivity index (χ1) is 14.4. The van der Waals surface area contributed by atoms with Crippen molar-refractivity contribution in [1.82, 2.24) is 29.8 Å². The molecule has 0 spiro atoms. The molecule has 0 amide bonds. The molecule has 0 bridgehead atoms. The Labute approximate surface area is 188 Å². The highest BCUT2D eigenvalue weighted by Gasteiger charge is 2.25. The second-order valence-electron chi connectivity index (χ2n) is 6.99. The van der Waals surface area contributed by atoms with Gasteiger partial charge in [0.15, 0.2) is 11.0 Å². The third-order valence-electron chi connectivity index (χ3n) is 4.70. The minimum absolute atomic E-state index is 0.0756. The van der Waals surface area contributed by atoms with E-state index in [1.807, 2.05) is 62.8 Å². The van der Waals surface area contributed by atoms with E-state index in [4.69, 9.17) is 16.1 Å². The number of benzene rings is 1. The number of hydrogen-bond acceptors (Lipinski definition) is 8. The van der Waals surface area contributed by atoms with Crippen LogP contribution in [-0.4, -0.2) is 43.9 Å². The molecule has 4 aromatic rings. The third kappa shape index (κ3) is 4.29. The fourth-order valence-electron chi connectivity index (χ4n) is 2.81. The van der Waals surface area contributed by atoms with Crippen molar-refractivity contribution in [1.29, 1.82) is 0 Å². The van der Waals surface area contributed by atoms with E-state index in [1.165, 1.54) is 11.8 Å². The van der Waals surface area contributed by atoms with E-state index in [2.05, 4.69) is 36.7 Å². The topological polar surface area (TPSA) is 72.9 Å². The molecule has 10 heteroatoms. The maximum absolute atomic E-state index is 6.09. The van der Waals surface area contributed by atoms with Crippen LogP contribution in [0.3, 0.4) is 0 Å². The van der Waals surface area contributed by atoms with Gasteiger partial charge in [-0.25, -0.2) is 0 Å². The number of aromatic nitrogens is 5. The molecule has 4 rings (SSSR count). The zero-order valence-electron chi connectivity index (χ0n) is 17.0. The van der Waals surface area contributed by atoms with Crippen molar-refractivity contribution < 1.29 is 4.52 Å². The van der Waals surface area contributed by atoms with Crippen molar-refractivity contribution in [2.24, 2.45) is 0 Å². The second kappa shape index (κ2) is 8.89. The van der Waals surface area contributed by atoms with Gasteiger partial charge in [-0.15, -0.1) is 21.5 Å². The van der Waals surface area contributed by atoms with Gasteiger partial charge in [0.25, 0.3) is 0 Å². The minimum Gasteiger partial charge on any atom is -0.338 e. The van der Waals surface area contributed by atoms with E-state index >= 15 is 0 Å². The highest BCUT2D eigenvalue weighted by molar-refractivity contribution is 7.99. The van der Waals surface area contributed by atoms with Gasteiger partial charge < -0.3 is 4.52 Å². The lowest BCUT2D eigenvalue weighted by Gasteiger charge is -2.20. The first kappa shape index (κ1) is 21.0. The quantitative estimate of drug-likeness (QED) is 0.337. The summed E-state index contributed by atoms with van der Waals surface area (Å²) in [4.78, 5) is 7.64. The van der Waals surface area contributed by atoms with Crippen LogP contribution in [0, 0.1) is 0 Å². The maximum atomic E-state index is 6.09.